The Balaban J connectivity index is 1.90. The number of fused-ring (bicyclic) bond motifs is 1. The lowest BCUT2D eigenvalue weighted by Crippen LogP contribution is -2.19. The van der Waals surface area contributed by atoms with Gasteiger partial charge in [0.1, 0.15) is 0 Å². The minimum atomic E-state index is -3.96. The summed E-state index contributed by atoms with van der Waals surface area (Å²) in [5.41, 5.74) is 0.331. The Morgan fingerprint density at radius 2 is 1.58 bits per heavy atom. The van der Waals surface area contributed by atoms with Crippen LogP contribution in [-0.4, -0.2) is 31.3 Å². The van der Waals surface area contributed by atoms with Gasteiger partial charge >= 0.3 is 5.97 Å². The van der Waals surface area contributed by atoms with Crippen molar-refractivity contribution >= 4 is 33.5 Å². The molecule has 2 aromatic carbocycles. The van der Waals surface area contributed by atoms with Crippen LogP contribution in [0.15, 0.2) is 47.4 Å². The zero-order chi connectivity index (χ0) is 17.5. The second-order valence-corrected chi connectivity index (χ2v) is 6.66. The number of amides is 2. The molecule has 8 nitrogen and oxygen atoms in total. The van der Waals surface area contributed by atoms with Crippen LogP contribution in [0.3, 0.4) is 0 Å². The fourth-order valence-corrected chi connectivity index (χ4v) is 3.27. The quantitative estimate of drug-likeness (QED) is 0.710. The van der Waals surface area contributed by atoms with Gasteiger partial charge in [0.25, 0.3) is 21.8 Å². The van der Waals surface area contributed by atoms with E-state index in [-0.39, 0.29) is 27.3 Å². The second-order valence-electron chi connectivity index (χ2n) is 4.98. The van der Waals surface area contributed by atoms with Crippen molar-refractivity contribution in [1.82, 2.24) is 5.32 Å². The highest BCUT2D eigenvalue weighted by Crippen LogP contribution is 2.22. The molecule has 3 rings (SSSR count). The molecule has 2 aromatic rings. The van der Waals surface area contributed by atoms with Gasteiger partial charge in [-0.15, -0.1) is 0 Å². The molecule has 24 heavy (non-hydrogen) atoms. The molecule has 1 aliphatic rings. The van der Waals surface area contributed by atoms with Crippen LogP contribution in [0.2, 0.25) is 0 Å². The first-order chi connectivity index (χ1) is 11.3. The van der Waals surface area contributed by atoms with Gasteiger partial charge in [-0.1, -0.05) is 0 Å². The van der Waals surface area contributed by atoms with E-state index >= 15 is 0 Å². The Hall–Kier alpha value is -3.20. The summed E-state index contributed by atoms with van der Waals surface area (Å²) in [6.07, 6.45) is 0. The van der Waals surface area contributed by atoms with E-state index in [1.54, 1.807) is 0 Å². The molecule has 122 valence electrons. The number of carboxylic acid groups (broad SMARTS) is 1. The summed E-state index contributed by atoms with van der Waals surface area (Å²) in [5, 5.41) is 10.9. The highest BCUT2D eigenvalue weighted by Gasteiger charge is 2.27. The molecule has 1 aliphatic heterocycles. The largest absolute Gasteiger partial charge is 0.478 e. The van der Waals surface area contributed by atoms with E-state index in [0.29, 0.717) is 0 Å². The number of aromatic carboxylic acids is 1. The smallest absolute Gasteiger partial charge is 0.335 e. The zero-order valence-electron chi connectivity index (χ0n) is 11.9. The first-order valence-electron chi connectivity index (χ1n) is 6.64. The Labute approximate surface area is 136 Å². The van der Waals surface area contributed by atoms with Gasteiger partial charge in [0.15, 0.2) is 0 Å². The summed E-state index contributed by atoms with van der Waals surface area (Å²) in [7, 11) is -3.96. The van der Waals surface area contributed by atoms with Crippen LogP contribution in [0.25, 0.3) is 0 Å². The Kier molecular flexibility index (Phi) is 3.57. The Morgan fingerprint density at radius 3 is 2.21 bits per heavy atom. The third-order valence-electron chi connectivity index (χ3n) is 3.40. The lowest BCUT2D eigenvalue weighted by atomic mass is 10.1. The number of carbonyl (C=O) groups is 3. The molecule has 1 heterocycles. The van der Waals surface area contributed by atoms with E-state index in [2.05, 4.69) is 10.0 Å². The molecule has 0 aliphatic carbocycles. The van der Waals surface area contributed by atoms with E-state index in [1.165, 1.54) is 30.3 Å². The number of imide groups is 1. The predicted molar refractivity (Wildman–Crippen MR) is 82.4 cm³/mol. The SMILES string of the molecule is O=C(O)c1ccc(S(=O)(=O)Nc2ccc3c(c2)C(=O)NC3=O)cc1. The van der Waals surface area contributed by atoms with Gasteiger partial charge in [0.2, 0.25) is 0 Å². The molecule has 0 unspecified atom stereocenters. The van der Waals surface area contributed by atoms with Crippen molar-refractivity contribution in [3.05, 3.63) is 59.2 Å². The monoisotopic (exact) mass is 346 g/mol. The summed E-state index contributed by atoms with van der Waals surface area (Å²) in [6, 6.07) is 8.64. The zero-order valence-corrected chi connectivity index (χ0v) is 12.8. The van der Waals surface area contributed by atoms with Gasteiger partial charge in [-0.25, -0.2) is 13.2 Å². The third-order valence-corrected chi connectivity index (χ3v) is 4.80. The summed E-state index contributed by atoms with van der Waals surface area (Å²) in [4.78, 5) is 33.7. The van der Waals surface area contributed by atoms with Gasteiger partial charge in [0.05, 0.1) is 21.6 Å². The number of hydrogen-bond donors (Lipinski definition) is 3. The summed E-state index contributed by atoms with van der Waals surface area (Å²) in [6.45, 7) is 0. The maximum atomic E-state index is 12.3. The predicted octanol–water partition coefficient (Wildman–Crippen LogP) is 1.07. The molecular formula is C15H10N2O6S. The Morgan fingerprint density at radius 1 is 0.958 bits per heavy atom. The number of hydrogen-bond acceptors (Lipinski definition) is 5. The highest BCUT2D eigenvalue weighted by molar-refractivity contribution is 7.92. The van der Waals surface area contributed by atoms with Gasteiger partial charge in [-0.3, -0.25) is 19.6 Å². The molecule has 0 saturated carbocycles. The third kappa shape index (κ3) is 2.72. The summed E-state index contributed by atoms with van der Waals surface area (Å²) >= 11 is 0. The van der Waals surface area contributed by atoms with Crippen molar-refractivity contribution in [3.8, 4) is 0 Å². The normalized spacial score (nSPS) is 13.3. The molecule has 3 N–H and O–H groups in total. The number of nitrogens with one attached hydrogen (secondary N) is 2. The minimum absolute atomic E-state index is 0.0401. The van der Waals surface area contributed by atoms with Gasteiger partial charge < -0.3 is 5.11 Å². The lowest BCUT2D eigenvalue weighted by Gasteiger charge is -2.09. The second kappa shape index (κ2) is 5.46. The van der Waals surface area contributed by atoms with Crippen LogP contribution >= 0.6 is 0 Å². The molecule has 0 saturated heterocycles. The maximum absolute atomic E-state index is 12.3. The Bertz CT molecular complexity index is 980. The van der Waals surface area contributed by atoms with Gasteiger partial charge in [-0.2, -0.15) is 0 Å². The molecule has 0 radical (unpaired) electrons. The molecule has 9 heteroatoms. The maximum Gasteiger partial charge on any atom is 0.335 e. The molecule has 2 amide bonds. The van der Waals surface area contributed by atoms with Crippen molar-refractivity contribution in [2.24, 2.45) is 0 Å². The van der Waals surface area contributed by atoms with Gasteiger partial charge in [0, 0.05) is 5.69 Å². The van der Waals surface area contributed by atoms with Crippen LogP contribution in [-0.2, 0) is 10.0 Å². The summed E-state index contributed by atoms with van der Waals surface area (Å²) in [5.74, 6) is -2.29. The van der Waals surface area contributed by atoms with Crippen LogP contribution in [0.4, 0.5) is 5.69 Å². The van der Waals surface area contributed by atoms with Crippen molar-refractivity contribution in [2.45, 2.75) is 4.90 Å². The first-order valence-corrected chi connectivity index (χ1v) is 8.12. The van der Waals surface area contributed by atoms with Crippen molar-refractivity contribution in [1.29, 1.82) is 0 Å². The van der Waals surface area contributed by atoms with Crippen molar-refractivity contribution < 1.29 is 27.9 Å². The van der Waals surface area contributed by atoms with Crippen molar-refractivity contribution in [2.75, 3.05) is 4.72 Å². The van der Waals surface area contributed by atoms with Crippen LogP contribution in [0.5, 0.6) is 0 Å². The molecule has 0 fully saturated rings. The number of anilines is 1. The highest BCUT2D eigenvalue weighted by atomic mass is 32.2. The van der Waals surface area contributed by atoms with Crippen LogP contribution in [0.1, 0.15) is 31.1 Å². The first kappa shape index (κ1) is 15.7. The molecule has 0 spiro atoms. The minimum Gasteiger partial charge on any atom is -0.478 e. The standard InChI is InChI=1S/C15H10N2O6S/c18-13-11-6-3-9(7-12(11)14(19)16-13)17-24(22,23)10-4-1-8(2-5-10)15(20)21/h1-7,17H,(H,20,21)(H,16,18,19). The van der Waals surface area contributed by atoms with Crippen LogP contribution in [0, 0.1) is 0 Å². The fraction of sp³-hybridized carbons (Fsp3) is 0. The summed E-state index contributed by atoms with van der Waals surface area (Å²) < 4.78 is 26.9. The number of benzene rings is 2. The number of rotatable bonds is 4. The van der Waals surface area contributed by atoms with E-state index in [4.69, 9.17) is 5.11 Å². The van der Waals surface area contributed by atoms with E-state index in [1.807, 2.05) is 0 Å². The molecular weight excluding hydrogens is 336 g/mol. The number of carboxylic acids is 1. The van der Waals surface area contributed by atoms with Crippen molar-refractivity contribution in [3.63, 3.8) is 0 Å². The topological polar surface area (TPSA) is 130 Å². The number of carbonyl (C=O) groups excluding carboxylic acids is 2. The van der Waals surface area contributed by atoms with E-state index < -0.39 is 27.8 Å². The van der Waals surface area contributed by atoms with E-state index in [9.17, 15) is 22.8 Å². The van der Waals surface area contributed by atoms with Crippen LogP contribution < -0.4 is 10.0 Å². The van der Waals surface area contributed by atoms with Gasteiger partial charge in [-0.05, 0) is 42.5 Å². The number of sulfonamides is 1. The van der Waals surface area contributed by atoms with E-state index in [0.717, 1.165) is 12.1 Å². The average Bonchev–Trinajstić information content (AvgIpc) is 2.81. The molecule has 0 bridgehead atoms. The molecule has 0 atom stereocenters. The molecule has 0 aromatic heterocycles. The lowest BCUT2D eigenvalue weighted by molar-refractivity contribution is 0.0696. The fourth-order valence-electron chi connectivity index (χ4n) is 2.22. The average molecular weight is 346 g/mol.